The van der Waals surface area contributed by atoms with Crippen molar-refractivity contribution < 1.29 is 8.42 Å². The predicted octanol–water partition coefficient (Wildman–Crippen LogP) is 2.40. The highest BCUT2D eigenvalue weighted by atomic mass is 35.7. The van der Waals surface area contributed by atoms with Crippen molar-refractivity contribution in [2.24, 2.45) is 0 Å². The molecule has 0 saturated carbocycles. The molecule has 0 aliphatic heterocycles. The fourth-order valence-corrected chi connectivity index (χ4v) is 2.17. The van der Waals surface area contributed by atoms with Crippen LogP contribution in [0.15, 0.2) is 29.3 Å². The number of benzene rings is 1. The van der Waals surface area contributed by atoms with Gasteiger partial charge in [-0.15, -0.1) is 0 Å². The van der Waals surface area contributed by atoms with Crippen molar-refractivity contribution >= 4 is 30.6 Å². The maximum atomic E-state index is 11.1. The predicted molar refractivity (Wildman–Crippen MR) is 56.1 cm³/mol. The summed E-state index contributed by atoms with van der Waals surface area (Å²) in [6, 6.07) is 4.77. The summed E-state index contributed by atoms with van der Waals surface area (Å²) in [4.78, 5) is 3.16. The number of aryl methyl sites for hydroxylation is 1. The maximum Gasteiger partial charge on any atom is 0.261 e. The highest BCUT2D eigenvalue weighted by Gasteiger charge is 2.11. The molecule has 1 N–H and O–H groups in total. The molecule has 3 nitrogen and oxygen atoms in total. The fourth-order valence-electron chi connectivity index (χ4n) is 1.39. The lowest BCUT2D eigenvalue weighted by Crippen LogP contribution is -1.89. The smallest absolute Gasteiger partial charge is 0.261 e. The Kier molecular flexibility index (Phi) is 2.05. The van der Waals surface area contributed by atoms with Crippen LogP contribution in [0.3, 0.4) is 0 Å². The first-order chi connectivity index (χ1) is 6.48. The minimum atomic E-state index is -3.63. The molecule has 1 aromatic carbocycles. The van der Waals surface area contributed by atoms with Crippen molar-refractivity contribution in [2.45, 2.75) is 11.8 Å². The summed E-state index contributed by atoms with van der Waals surface area (Å²) in [5.74, 6) is 0. The van der Waals surface area contributed by atoms with E-state index in [0.717, 1.165) is 16.5 Å². The van der Waals surface area contributed by atoms with Gasteiger partial charge < -0.3 is 4.98 Å². The van der Waals surface area contributed by atoms with Gasteiger partial charge in [0.25, 0.3) is 9.05 Å². The molecule has 14 heavy (non-hydrogen) atoms. The number of H-pyrrole nitrogens is 1. The standard InChI is InChI=1S/C9H8ClNO2S/c1-6-5-11-9-3-2-7(4-8(6)9)14(10,12)13/h2-5,11H,1H3. The van der Waals surface area contributed by atoms with Crippen LogP contribution < -0.4 is 0 Å². The van der Waals surface area contributed by atoms with Crippen molar-refractivity contribution in [1.29, 1.82) is 0 Å². The molecular weight excluding hydrogens is 222 g/mol. The molecule has 0 saturated heterocycles. The number of aromatic nitrogens is 1. The van der Waals surface area contributed by atoms with E-state index >= 15 is 0 Å². The molecule has 0 amide bonds. The Labute approximate surface area is 86.1 Å². The highest BCUT2D eigenvalue weighted by molar-refractivity contribution is 8.13. The molecule has 0 radical (unpaired) electrons. The average molecular weight is 230 g/mol. The molecular formula is C9H8ClNO2S. The molecule has 0 aliphatic carbocycles. The molecule has 0 aliphatic rings. The van der Waals surface area contributed by atoms with Gasteiger partial charge in [0.1, 0.15) is 0 Å². The van der Waals surface area contributed by atoms with Crippen LogP contribution in [0.4, 0.5) is 0 Å². The van der Waals surface area contributed by atoms with Crippen LogP contribution in [0.2, 0.25) is 0 Å². The maximum absolute atomic E-state index is 11.1. The third-order valence-corrected chi connectivity index (χ3v) is 3.49. The summed E-state index contributed by atoms with van der Waals surface area (Å²) < 4.78 is 22.1. The van der Waals surface area contributed by atoms with Crippen LogP contribution in [0.1, 0.15) is 5.56 Å². The van der Waals surface area contributed by atoms with E-state index in [1.54, 1.807) is 12.1 Å². The number of halogens is 1. The molecule has 5 heteroatoms. The third-order valence-electron chi connectivity index (χ3n) is 2.14. The molecule has 0 atom stereocenters. The van der Waals surface area contributed by atoms with E-state index in [4.69, 9.17) is 10.7 Å². The molecule has 74 valence electrons. The van der Waals surface area contributed by atoms with Crippen molar-refractivity contribution in [3.05, 3.63) is 30.0 Å². The molecule has 0 unspecified atom stereocenters. The van der Waals surface area contributed by atoms with Crippen molar-refractivity contribution in [3.8, 4) is 0 Å². The minimum Gasteiger partial charge on any atom is -0.361 e. The average Bonchev–Trinajstić information content (AvgIpc) is 2.46. The fraction of sp³-hybridized carbons (Fsp3) is 0.111. The van der Waals surface area contributed by atoms with Gasteiger partial charge >= 0.3 is 0 Å². The summed E-state index contributed by atoms with van der Waals surface area (Å²) in [6.45, 7) is 1.91. The van der Waals surface area contributed by atoms with Gasteiger partial charge in [-0.05, 0) is 30.7 Å². The Morgan fingerprint density at radius 2 is 2.07 bits per heavy atom. The second-order valence-corrected chi connectivity index (χ2v) is 5.68. The quantitative estimate of drug-likeness (QED) is 0.764. The first-order valence-electron chi connectivity index (χ1n) is 4.01. The topological polar surface area (TPSA) is 49.9 Å². The molecule has 1 heterocycles. The minimum absolute atomic E-state index is 0.134. The van der Waals surface area contributed by atoms with Crippen molar-refractivity contribution in [1.82, 2.24) is 4.98 Å². The molecule has 2 rings (SSSR count). The summed E-state index contributed by atoms with van der Waals surface area (Å²) in [5, 5.41) is 0.881. The van der Waals surface area contributed by atoms with E-state index in [9.17, 15) is 8.42 Å². The summed E-state index contributed by atoms with van der Waals surface area (Å²) in [7, 11) is 1.61. The summed E-state index contributed by atoms with van der Waals surface area (Å²) >= 11 is 0. The van der Waals surface area contributed by atoms with Gasteiger partial charge in [0, 0.05) is 27.8 Å². The van der Waals surface area contributed by atoms with Gasteiger partial charge in [-0.25, -0.2) is 8.42 Å². The van der Waals surface area contributed by atoms with Gasteiger partial charge in [0.15, 0.2) is 0 Å². The summed E-state index contributed by atoms with van der Waals surface area (Å²) in [6.07, 6.45) is 1.83. The normalized spacial score (nSPS) is 12.1. The van der Waals surface area contributed by atoms with Crippen molar-refractivity contribution in [3.63, 3.8) is 0 Å². The highest BCUT2D eigenvalue weighted by Crippen LogP contribution is 2.23. The van der Waals surface area contributed by atoms with Crippen LogP contribution in [0, 0.1) is 6.92 Å². The number of hydrogen-bond acceptors (Lipinski definition) is 2. The SMILES string of the molecule is Cc1c[nH]c2ccc(S(=O)(=O)Cl)cc12. The van der Waals surface area contributed by atoms with E-state index in [1.807, 2.05) is 13.1 Å². The number of nitrogens with one attached hydrogen (secondary N) is 1. The van der Waals surface area contributed by atoms with Gasteiger partial charge in [-0.2, -0.15) is 0 Å². The van der Waals surface area contributed by atoms with Crippen molar-refractivity contribution in [2.75, 3.05) is 0 Å². The molecule has 0 fully saturated rings. The molecule has 2 aromatic rings. The Bertz CT molecular complexity index is 586. The number of aromatic amines is 1. The van der Waals surface area contributed by atoms with Crippen LogP contribution in [-0.2, 0) is 9.05 Å². The van der Waals surface area contributed by atoms with E-state index in [-0.39, 0.29) is 4.90 Å². The largest absolute Gasteiger partial charge is 0.361 e. The van der Waals surface area contributed by atoms with Crippen LogP contribution in [-0.4, -0.2) is 13.4 Å². The zero-order chi connectivity index (χ0) is 10.3. The monoisotopic (exact) mass is 229 g/mol. The van der Waals surface area contributed by atoms with Crippen LogP contribution in [0.25, 0.3) is 10.9 Å². The number of fused-ring (bicyclic) bond motifs is 1. The van der Waals surface area contributed by atoms with E-state index in [0.29, 0.717) is 0 Å². The zero-order valence-electron chi connectivity index (χ0n) is 7.41. The second-order valence-electron chi connectivity index (χ2n) is 3.12. The van der Waals surface area contributed by atoms with Gasteiger partial charge in [-0.3, -0.25) is 0 Å². The number of rotatable bonds is 1. The first kappa shape index (κ1) is 9.55. The van der Waals surface area contributed by atoms with E-state index in [1.165, 1.54) is 6.07 Å². The Morgan fingerprint density at radius 1 is 1.36 bits per heavy atom. The lowest BCUT2D eigenvalue weighted by Gasteiger charge is -1.96. The first-order valence-corrected chi connectivity index (χ1v) is 6.32. The molecule has 0 spiro atoms. The molecule has 1 aromatic heterocycles. The number of hydrogen-bond donors (Lipinski definition) is 1. The Balaban J connectivity index is 2.79. The van der Waals surface area contributed by atoms with Gasteiger partial charge in [0.05, 0.1) is 4.90 Å². The zero-order valence-corrected chi connectivity index (χ0v) is 8.98. The lowest BCUT2D eigenvalue weighted by molar-refractivity contribution is 0.609. The van der Waals surface area contributed by atoms with Gasteiger partial charge in [0.2, 0.25) is 0 Å². The molecule has 0 bridgehead atoms. The lowest BCUT2D eigenvalue weighted by atomic mass is 10.2. The second kappa shape index (κ2) is 3.00. The van der Waals surface area contributed by atoms with E-state index in [2.05, 4.69) is 4.98 Å². The van der Waals surface area contributed by atoms with Crippen LogP contribution >= 0.6 is 10.7 Å². The van der Waals surface area contributed by atoms with Crippen LogP contribution in [0.5, 0.6) is 0 Å². The van der Waals surface area contributed by atoms with E-state index < -0.39 is 9.05 Å². The Hall–Kier alpha value is -1.00. The third kappa shape index (κ3) is 1.51. The Morgan fingerprint density at radius 3 is 2.71 bits per heavy atom. The van der Waals surface area contributed by atoms with Gasteiger partial charge in [-0.1, -0.05) is 0 Å². The summed E-state index contributed by atoms with van der Waals surface area (Å²) in [5.41, 5.74) is 1.91.